The van der Waals surface area contributed by atoms with E-state index in [1.807, 2.05) is 12.1 Å². The van der Waals surface area contributed by atoms with Crippen molar-refractivity contribution in [1.29, 1.82) is 0 Å². The van der Waals surface area contributed by atoms with Crippen molar-refractivity contribution >= 4 is 33.2 Å². The highest BCUT2D eigenvalue weighted by molar-refractivity contribution is 9.11. The van der Waals surface area contributed by atoms with E-state index < -0.39 is 6.04 Å². The molecule has 0 saturated carbocycles. The fourth-order valence-corrected chi connectivity index (χ4v) is 3.15. The van der Waals surface area contributed by atoms with Gasteiger partial charge in [0.25, 0.3) is 0 Å². The lowest BCUT2D eigenvalue weighted by Crippen LogP contribution is -2.41. The number of halogens is 1. The molecule has 0 fully saturated rings. The van der Waals surface area contributed by atoms with Gasteiger partial charge in [0.2, 0.25) is 5.91 Å². The van der Waals surface area contributed by atoms with E-state index in [1.165, 1.54) is 0 Å². The van der Waals surface area contributed by atoms with E-state index in [9.17, 15) is 9.90 Å². The summed E-state index contributed by atoms with van der Waals surface area (Å²) < 4.78 is 1.04. The van der Waals surface area contributed by atoms with Gasteiger partial charge in [0.15, 0.2) is 0 Å². The van der Waals surface area contributed by atoms with Crippen LogP contribution in [0.3, 0.4) is 0 Å². The van der Waals surface area contributed by atoms with E-state index in [0.717, 1.165) is 14.2 Å². The van der Waals surface area contributed by atoms with Crippen LogP contribution < -0.4 is 11.1 Å². The van der Waals surface area contributed by atoms with Crippen molar-refractivity contribution in [1.82, 2.24) is 5.32 Å². The lowest BCUT2D eigenvalue weighted by Gasteiger charge is -2.12. The molecule has 6 heteroatoms. The minimum Gasteiger partial charge on any atom is -0.508 e. The zero-order valence-electron chi connectivity index (χ0n) is 10.7. The second-order valence-electron chi connectivity index (χ2n) is 4.40. The van der Waals surface area contributed by atoms with Gasteiger partial charge in [0.05, 0.1) is 16.4 Å². The van der Waals surface area contributed by atoms with Crippen LogP contribution in [0.25, 0.3) is 0 Å². The van der Waals surface area contributed by atoms with Crippen LogP contribution >= 0.6 is 27.3 Å². The van der Waals surface area contributed by atoms with Crippen molar-refractivity contribution in [3.63, 3.8) is 0 Å². The summed E-state index contributed by atoms with van der Waals surface area (Å²) in [4.78, 5) is 13.0. The Balaban J connectivity index is 1.84. The van der Waals surface area contributed by atoms with Crippen LogP contribution in [0.1, 0.15) is 10.4 Å². The smallest absolute Gasteiger partial charge is 0.237 e. The zero-order chi connectivity index (χ0) is 14.5. The van der Waals surface area contributed by atoms with Crippen LogP contribution in [0.15, 0.2) is 40.2 Å². The fraction of sp³-hybridized carbons (Fsp3) is 0.214. The van der Waals surface area contributed by atoms with Gasteiger partial charge in [0.1, 0.15) is 5.75 Å². The van der Waals surface area contributed by atoms with Crippen LogP contribution in [0.2, 0.25) is 0 Å². The number of benzene rings is 1. The molecule has 1 heterocycles. The number of carbonyl (C=O) groups is 1. The lowest BCUT2D eigenvalue weighted by atomic mass is 10.1. The lowest BCUT2D eigenvalue weighted by molar-refractivity contribution is -0.122. The first-order valence-corrected chi connectivity index (χ1v) is 7.71. The Bertz CT molecular complexity index is 583. The maximum absolute atomic E-state index is 11.9. The second kappa shape index (κ2) is 6.88. The third-order valence-corrected chi connectivity index (χ3v) is 4.42. The number of phenols is 1. The first-order chi connectivity index (χ1) is 9.54. The number of hydrogen-bond donors (Lipinski definition) is 3. The van der Waals surface area contributed by atoms with Crippen LogP contribution in [0.5, 0.6) is 5.75 Å². The summed E-state index contributed by atoms with van der Waals surface area (Å²) in [5, 5.41) is 12.0. The SMILES string of the molecule is N[C@@H](Cc1ccc(O)cc1)C(=O)NCc1ccc(Br)s1. The van der Waals surface area contributed by atoms with Gasteiger partial charge in [-0.15, -0.1) is 11.3 Å². The predicted molar refractivity (Wildman–Crippen MR) is 83.7 cm³/mol. The van der Waals surface area contributed by atoms with Crippen molar-refractivity contribution in [3.05, 3.63) is 50.6 Å². The van der Waals surface area contributed by atoms with Crippen LogP contribution in [-0.2, 0) is 17.8 Å². The maximum atomic E-state index is 11.9. The van der Waals surface area contributed by atoms with Crippen LogP contribution in [0.4, 0.5) is 0 Å². The average molecular weight is 355 g/mol. The molecular weight excluding hydrogens is 340 g/mol. The molecule has 1 aromatic heterocycles. The topological polar surface area (TPSA) is 75.3 Å². The fourth-order valence-electron chi connectivity index (χ4n) is 1.73. The minimum atomic E-state index is -0.594. The number of thiophene rings is 1. The Morgan fingerprint density at radius 3 is 2.60 bits per heavy atom. The molecule has 0 unspecified atom stereocenters. The molecule has 2 rings (SSSR count). The van der Waals surface area contributed by atoms with E-state index in [2.05, 4.69) is 21.2 Å². The molecule has 106 valence electrons. The molecule has 1 aromatic carbocycles. The Morgan fingerprint density at radius 1 is 1.30 bits per heavy atom. The average Bonchev–Trinajstić information content (AvgIpc) is 2.84. The normalized spacial score (nSPS) is 12.1. The summed E-state index contributed by atoms with van der Waals surface area (Å²) in [6.07, 6.45) is 0.445. The van der Waals surface area contributed by atoms with Gasteiger partial charge in [-0.05, 0) is 52.2 Å². The van der Waals surface area contributed by atoms with Gasteiger partial charge in [0, 0.05) is 4.88 Å². The molecule has 0 aliphatic carbocycles. The molecule has 1 atom stereocenters. The number of carbonyl (C=O) groups excluding carboxylic acids is 1. The summed E-state index contributed by atoms with van der Waals surface area (Å²) >= 11 is 4.96. The highest BCUT2D eigenvalue weighted by atomic mass is 79.9. The number of hydrogen-bond acceptors (Lipinski definition) is 4. The minimum absolute atomic E-state index is 0.178. The van der Waals surface area contributed by atoms with Gasteiger partial charge in [-0.1, -0.05) is 12.1 Å². The predicted octanol–water partition coefficient (Wildman–Crippen LogP) is 2.40. The van der Waals surface area contributed by atoms with E-state index in [-0.39, 0.29) is 11.7 Å². The summed E-state index contributed by atoms with van der Waals surface area (Å²) in [5.74, 6) is 0.0256. The molecule has 0 bridgehead atoms. The summed E-state index contributed by atoms with van der Waals surface area (Å²) in [6, 6.07) is 10.0. The van der Waals surface area contributed by atoms with Gasteiger partial charge in [-0.2, -0.15) is 0 Å². The van der Waals surface area contributed by atoms with Gasteiger partial charge in [-0.3, -0.25) is 4.79 Å². The van der Waals surface area contributed by atoms with E-state index in [0.29, 0.717) is 13.0 Å². The van der Waals surface area contributed by atoms with Crippen molar-refractivity contribution in [2.75, 3.05) is 0 Å². The Hall–Kier alpha value is -1.37. The van der Waals surface area contributed by atoms with E-state index in [1.54, 1.807) is 35.6 Å². The number of rotatable bonds is 5. The molecule has 1 amide bonds. The number of aromatic hydroxyl groups is 1. The van der Waals surface area contributed by atoms with Crippen LogP contribution in [0, 0.1) is 0 Å². The third kappa shape index (κ3) is 4.33. The van der Waals surface area contributed by atoms with E-state index >= 15 is 0 Å². The highest BCUT2D eigenvalue weighted by Crippen LogP contribution is 2.21. The second-order valence-corrected chi connectivity index (χ2v) is 6.95. The standard InChI is InChI=1S/C14H15BrN2O2S/c15-13-6-5-11(20-13)8-17-14(19)12(16)7-9-1-3-10(18)4-2-9/h1-6,12,18H,7-8,16H2,(H,17,19)/t12-/m0/s1. The van der Waals surface area contributed by atoms with Crippen molar-refractivity contribution in [2.24, 2.45) is 5.73 Å². The number of nitrogens with one attached hydrogen (secondary N) is 1. The highest BCUT2D eigenvalue weighted by Gasteiger charge is 2.14. The van der Waals surface area contributed by atoms with Crippen molar-refractivity contribution in [2.45, 2.75) is 19.0 Å². The van der Waals surface area contributed by atoms with Gasteiger partial charge < -0.3 is 16.2 Å². The molecule has 0 spiro atoms. The molecular formula is C14H15BrN2O2S. The Kier molecular flexibility index (Phi) is 5.17. The maximum Gasteiger partial charge on any atom is 0.237 e. The molecule has 4 nitrogen and oxygen atoms in total. The van der Waals surface area contributed by atoms with E-state index in [4.69, 9.17) is 5.73 Å². The number of nitrogens with two attached hydrogens (primary N) is 1. The summed E-state index contributed by atoms with van der Waals surface area (Å²) in [7, 11) is 0. The molecule has 0 radical (unpaired) electrons. The molecule has 0 saturated heterocycles. The Labute approximate surface area is 129 Å². The number of amides is 1. The molecule has 20 heavy (non-hydrogen) atoms. The largest absolute Gasteiger partial charge is 0.508 e. The third-order valence-electron chi connectivity index (χ3n) is 2.79. The monoisotopic (exact) mass is 354 g/mol. The van der Waals surface area contributed by atoms with Gasteiger partial charge >= 0.3 is 0 Å². The Morgan fingerprint density at radius 2 is 2.00 bits per heavy atom. The van der Waals surface area contributed by atoms with Crippen molar-refractivity contribution < 1.29 is 9.90 Å². The molecule has 0 aliphatic heterocycles. The quantitative estimate of drug-likeness (QED) is 0.771. The van der Waals surface area contributed by atoms with Gasteiger partial charge in [-0.25, -0.2) is 0 Å². The first-order valence-electron chi connectivity index (χ1n) is 6.10. The molecule has 0 aliphatic rings. The van der Waals surface area contributed by atoms with Crippen LogP contribution in [-0.4, -0.2) is 17.1 Å². The zero-order valence-corrected chi connectivity index (χ0v) is 13.1. The first kappa shape index (κ1) is 15.0. The molecule has 2 aromatic rings. The number of phenolic OH excluding ortho intramolecular Hbond substituents is 1. The molecule has 4 N–H and O–H groups in total. The summed E-state index contributed by atoms with van der Waals surface area (Å²) in [6.45, 7) is 0.485. The van der Waals surface area contributed by atoms with Crippen molar-refractivity contribution in [3.8, 4) is 5.75 Å². The summed E-state index contributed by atoms with van der Waals surface area (Å²) in [5.41, 5.74) is 6.80.